The van der Waals surface area contributed by atoms with Gasteiger partial charge in [-0.1, -0.05) is 54.6 Å². The monoisotopic (exact) mass is 344 g/mol. The molecule has 0 fully saturated rings. The number of aliphatic hydroxyl groups is 1. The van der Waals surface area contributed by atoms with Crippen LogP contribution in [0.5, 0.6) is 0 Å². The minimum absolute atomic E-state index is 0.102. The van der Waals surface area contributed by atoms with Crippen LogP contribution in [0.1, 0.15) is 17.2 Å². The van der Waals surface area contributed by atoms with E-state index in [1.807, 2.05) is 72.9 Å². The van der Waals surface area contributed by atoms with Gasteiger partial charge in [-0.3, -0.25) is 4.79 Å². The SMILES string of the molecule is O=C(Cc1c[nH]c2ccccc12)NCC(O)c1ccc2ccccc2c1. The maximum Gasteiger partial charge on any atom is 0.224 e. The van der Waals surface area contributed by atoms with Gasteiger partial charge in [-0.15, -0.1) is 0 Å². The lowest BCUT2D eigenvalue weighted by atomic mass is 10.0. The zero-order valence-corrected chi connectivity index (χ0v) is 14.3. The van der Waals surface area contributed by atoms with Gasteiger partial charge in [0.25, 0.3) is 0 Å². The Morgan fingerprint density at radius 3 is 2.65 bits per heavy atom. The molecule has 3 aromatic carbocycles. The van der Waals surface area contributed by atoms with E-state index in [2.05, 4.69) is 10.3 Å². The molecule has 1 amide bonds. The molecule has 0 bridgehead atoms. The van der Waals surface area contributed by atoms with Crippen molar-refractivity contribution in [1.82, 2.24) is 10.3 Å². The molecular weight excluding hydrogens is 324 g/mol. The fraction of sp³-hybridized carbons (Fsp3) is 0.136. The summed E-state index contributed by atoms with van der Waals surface area (Å²) in [5, 5.41) is 16.5. The van der Waals surface area contributed by atoms with Crippen LogP contribution in [0.15, 0.2) is 72.9 Å². The van der Waals surface area contributed by atoms with Crippen molar-refractivity contribution in [3.05, 3.63) is 84.1 Å². The largest absolute Gasteiger partial charge is 0.387 e. The lowest BCUT2D eigenvalue weighted by Gasteiger charge is -2.13. The summed E-state index contributed by atoms with van der Waals surface area (Å²) in [5.74, 6) is -0.102. The van der Waals surface area contributed by atoms with Crippen LogP contribution in [0.4, 0.5) is 0 Å². The van der Waals surface area contributed by atoms with E-state index >= 15 is 0 Å². The summed E-state index contributed by atoms with van der Waals surface area (Å²) in [6.07, 6.45) is 1.42. The summed E-state index contributed by atoms with van der Waals surface area (Å²) in [5.41, 5.74) is 2.78. The first-order chi connectivity index (χ1) is 12.7. The summed E-state index contributed by atoms with van der Waals surface area (Å²) in [7, 11) is 0. The molecule has 0 aliphatic heterocycles. The summed E-state index contributed by atoms with van der Waals surface area (Å²) >= 11 is 0. The molecule has 0 spiro atoms. The number of para-hydroxylation sites is 1. The van der Waals surface area contributed by atoms with Crippen LogP contribution in [-0.2, 0) is 11.2 Å². The molecule has 0 radical (unpaired) electrons. The van der Waals surface area contributed by atoms with Gasteiger partial charge < -0.3 is 15.4 Å². The van der Waals surface area contributed by atoms with Crippen LogP contribution in [0.25, 0.3) is 21.7 Å². The van der Waals surface area contributed by atoms with Crippen molar-refractivity contribution in [3.63, 3.8) is 0 Å². The van der Waals surface area contributed by atoms with Gasteiger partial charge in [0.1, 0.15) is 0 Å². The second kappa shape index (κ2) is 7.02. The number of rotatable bonds is 5. The average Bonchev–Trinajstić information content (AvgIpc) is 3.08. The van der Waals surface area contributed by atoms with E-state index in [0.29, 0.717) is 0 Å². The fourth-order valence-electron chi connectivity index (χ4n) is 3.26. The summed E-state index contributed by atoms with van der Waals surface area (Å²) < 4.78 is 0. The number of aromatic amines is 1. The molecule has 0 saturated carbocycles. The van der Waals surface area contributed by atoms with Crippen molar-refractivity contribution in [2.75, 3.05) is 6.54 Å². The number of H-pyrrole nitrogens is 1. The summed E-state index contributed by atoms with van der Waals surface area (Å²) in [4.78, 5) is 15.4. The third-order valence-corrected chi connectivity index (χ3v) is 4.68. The van der Waals surface area contributed by atoms with Crippen LogP contribution in [0.3, 0.4) is 0 Å². The highest BCUT2D eigenvalue weighted by molar-refractivity contribution is 5.89. The molecule has 26 heavy (non-hydrogen) atoms. The number of hydrogen-bond donors (Lipinski definition) is 3. The minimum atomic E-state index is -0.730. The number of amides is 1. The molecule has 130 valence electrons. The Labute approximate surface area is 151 Å². The number of carbonyl (C=O) groups is 1. The van der Waals surface area contributed by atoms with E-state index in [1.165, 1.54) is 0 Å². The molecular formula is C22H20N2O2. The van der Waals surface area contributed by atoms with Gasteiger partial charge in [0.2, 0.25) is 5.91 Å². The smallest absolute Gasteiger partial charge is 0.224 e. The number of hydrogen-bond acceptors (Lipinski definition) is 2. The lowest BCUT2D eigenvalue weighted by Crippen LogP contribution is -2.29. The maximum absolute atomic E-state index is 12.3. The van der Waals surface area contributed by atoms with E-state index in [0.717, 1.165) is 32.8 Å². The van der Waals surface area contributed by atoms with Gasteiger partial charge in [-0.25, -0.2) is 0 Å². The Bertz CT molecular complexity index is 1070. The van der Waals surface area contributed by atoms with Gasteiger partial charge in [0.15, 0.2) is 0 Å². The minimum Gasteiger partial charge on any atom is -0.387 e. The van der Waals surface area contributed by atoms with Crippen molar-refractivity contribution in [2.45, 2.75) is 12.5 Å². The number of aliphatic hydroxyl groups excluding tert-OH is 1. The van der Waals surface area contributed by atoms with Crippen molar-refractivity contribution in [2.24, 2.45) is 0 Å². The van der Waals surface area contributed by atoms with E-state index in [9.17, 15) is 9.90 Å². The third-order valence-electron chi connectivity index (χ3n) is 4.68. The van der Waals surface area contributed by atoms with Gasteiger partial charge in [0, 0.05) is 23.6 Å². The van der Waals surface area contributed by atoms with Crippen LogP contribution in [0.2, 0.25) is 0 Å². The first-order valence-electron chi connectivity index (χ1n) is 8.69. The van der Waals surface area contributed by atoms with Gasteiger partial charge in [0.05, 0.1) is 12.5 Å². The second-order valence-electron chi connectivity index (χ2n) is 6.46. The molecule has 0 saturated heterocycles. The van der Waals surface area contributed by atoms with Gasteiger partial charge >= 0.3 is 0 Å². The zero-order chi connectivity index (χ0) is 17.9. The van der Waals surface area contributed by atoms with Gasteiger partial charge in [-0.2, -0.15) is 0 Å². The molecule has 0 aliphatic rings. The molecule has 4 nitrogen and oxygen atoms in total. The summed E-state index contributed by atoms with van der Waals surface area (Å²) in [6, 6.07) is 21.8. The van der Waals surface area contributed by atoms with Crippen molar-refractivity contribution < 1.29 is 9.90 Å². The number of nitrogens with one attached hydrogen (secondary N) is 2. The molecule has 1 aromatic heterocycles. The Kier molecular flexibility index (Phi) is 4.42. The van der Waals surface area contributed by atoms with E-state index in [-0.39, 0.29) is 18.9 Å². The van der Waals surface area contributed by atoms with Crippen LogP contribution >= 0.6 is 0 Å². The van der Waals surface area contributed by atoms with Crippen molar-refractivity contribution >= 4 is 27.6 Å². The van der Waals surface area contributed by atoms with Gasteiger partial charge in [-0.05, 0) is 34.0 Å². The third kappa shape index (κ3) is 3.32. The predicted octanol–water partition coefficient (Wildman–Crippen LogP) is 3.71. The molecule has 4 aromatic rings. The molecule has 1 atom stereocenters. The molecule has 3 N–H and O–H groups in total. The van der Waals surface area contributed by atoms with E-state index < -0.39 is 6.10 Å². The Hall–Kier alpha value is -3.11. The molecule has 0 aliphatic carbocycles. The number of carbonyl (C=O) groups excluding carboxylic acids is 1. The summed E-state index contributed by atoms with van der Waals surface area (Å²) in [6.45, 7) is 0.194. The maximum atomic E-state index is 12.3. The number of aromatic nitrogens is 1. The highest BCUT2D eigenvalue weighted by Crippen LogP contribution is 2.21. The average molecular weight is 344 g/mol. The predicted molar refractivity (Wildman–Crippen MR) is 104 cm³/mol. The van der Waals surface area contributed by atoms with E-state index in [1.54, 1.807) is 0 Å². The first kappa shape index (κ1) is 16.4. The topological polar surface area (TPSA) is 65.1 Å². The van der Waals surface area contributed by atoms with E-state index in [4.69, 9.17) is 0 Å². The molecule has 4 rings (SSSR count). The Morgan fingerprint density at radius 1 is 1.00 bits per heavy atom. The van der Waals surface area contributed by atoms with Crippen LogP contribution in [-0.4, -0.2) is 22.5 Å². The Morgan fingerprint density at radius 2 is 1.77 bits per heavy atom. The van der Waals surface area contributed by atoms with Crippen LogP contribution < -0.4 is 5.32 Å². The standard InChI is InChI=1S/C22H20N2O2/c25-21(17-10-9-15-5-1-2-6-16(15)11-17)14-24-22(26)12-18-13-23-20-8-4-3-7-19(18)20/h1-11,13,21,23,25H,12,14H2,(H,24,26). The Balaban J connectivity index is 1.40. The first-order valence-corrected chi connectivity index (χ1v) is 8.69. The molecule has 1 unspecified atom stereocenters. The fourth-order valence-corrected chi connectivity index (χ4v) is 3.26. The van der Waals surface area contributed by atoms with Crippen molar-refractivity contribution in [3.8, 4) is 0 Å². The molecule has 4 heteroatoms. The number of benzene rings is 3. The quantitative estimate of drug-likeness (QED) is 0.517. The lowest BCUT2D eigenvalue weighted by molar-refractivity contribution is -0.120. The molecule has 1 heterocycles. The highest BCUT2D eigenvalue weighted by atomic mass is 16.3. The van der Waals surface area contributed by atoms with Crippen LogP contribution in [0, 0.1) is 0 Å². The zero-order valence-electron chi connectivity index (χ0n) is 14.3. The second-order valence-corrected chi connectivity index (χ2v) is 6.46. The normalized spacial score (nSPS) is 12.3. The number of fused-ring (bicyclic) bond motifs is 2. The highest BCUT2D eigenvalue weighted by Gasteiger charge is 2.12. The van der Waals surface area contributed by atoms with Crippen molar-refractivity contribution in [1.29, 1.82) is 0 Å².